The molecule has 0 atom stereocenters. The normalized spacial score (nSPS) is 15.4. The molecule has 4 rings (SSSR count). The number of pyridine rings is 1. The Kier molecular flexibility index (Phi) is 7.88. The van der Waals surface area contributed by atoms with Crippen molar-refractivity contribution in [3.63, 3.8) is 0 Å². The summed E-state index contributed by atoms with van der Waals surface area (Å²) in [5.74, 6) is 1.43. The van der Waals surface area contributed by atoms with Crippen LogP contribution in [0.3, 0.4) is 0 Å². The number of anilines is 1. The van der Waals surface area contributed by atoms with Crippen molar-refractivity contribution in [2.75, 3.05) is 52.2 Å². The van der Waals surface area contributed by atoms with Crippen LogP contribution in [0.2, 0.25) is 0 Å². The Morgan fingerprint density at radius 1 is 1.14 bits per heavy atom. The van der Waals surface area contributed by atoms with E-state index < -0.39 is 5.60 Å². The molecule has 9 nitrogen and oxygen atoms in total. The second-order valence-corrected chi connectivity index (χ2v) is 9.86. The van der Waals surface area contributed by atoms with E-state index in [1.807, 2.05) is 36.1 Å². The van der Waals surface area contributed by atoms with Gasteiger partial charge in [-0.15, -0.1) is 0 Å². The predicted molar refractivity (Wildman–Crippen MR) is 138 cm³/mol. The number of hydrogen-bond acceptors (Lipinski definition) is 7. The first-order valence-electron chi connectivity index (χ1n) is 12.5. The molecule has 0 radical (unpaired) electrons. The van der Waals surface area contributed by atoms with E-state index in [1.54, 1.807) is 0 Å². The number of nitrogens with two attached hydrogens (primary N) is 1. The quantitative estimate of drug-likeness (QED) is 0.444. The van der Waals surface area contributed by atoms with Gasteiger partial charge in [0.25, 0.3) is 0 Å². The highest BCUT2D eigenvalue weighted by atomic mass is 16.5. The van der Waals surface area contributed by atoms with Crippen LogP contribution in [0.25, 0.3) is 21.9 Å². The summed E-state index contributed by atoms with van der Waals surface area (Å²) in [4.78, 5) is 26.1. The number of para-hydroxylation sites is 1. The number of likely N-dealkylation sites (N-methyl/N-ethyl adjacent to an activating group) is 1. The van der Waals surface area contributed by atoms with Gasteiger partial charge in [0, 0.05) is 51.2 Å². The molecule has 9 heteroatoms. The number of piperazine rings is 1. The Labute approximate surface area is 207 Å². The number of fused-ring (bicyclic) bond motifs is 3. The summed E-state index contributed by atoms with van der Waals surface area (Å²) in [6, 6.07) is 7.96. The first-order valence-corrected chi connectivity index (χ1v) is 12.5. The summed E-state index contributed by atoms with van der Waals surface area (Å²) in [6.45, 7) is 11.7. The van der Waals surface area contributed by atoms with Crippen LogP contribution in [-0.4, -0.2) is 82.3 Å². The van der Waals surface area contributed by atoms with Crippen molar-refractivity contribution >= 4 is 33.7 Å². The standard InChI is InChI=1S/C26H38N6O3/c1-5-34-17-21-29-23-24(19-9-6-7-10-20(19)28-25(23)27)32(21)18-26(2,3)35-16-8-11-22(33)31-14-12-30(4)13-15-31/h6-7,9-10H,5,8,11-18H2,1-4H3,(H2,27,28). The number of imidazole rings is 1. The molecule has 1 aliphatic rings. The van der Waals surface area contributed by atoms with Crippen LogP contribution in [0.1, 0.15) is 39.4 Å². The number of aromatic nitrogens is 3. The van der Waals surface area contributed by atoms with E-state index in [9.17, 15) is 4.79 Å². The maximum atomic E-state index is 12.5. The molecule has 2 N–H and O–H groups in total. The van der Waals surface area contributed by atoms with Gasteiger partial charge in [-0.1, -0.05) is 18.2 Å². The molecular formula is C26H38N6O3. The fraction of sp³-hybridized carbons (Fsp3) is 0.577. The number of benzene rings is 1. The second-order valence-electron chi connectivity index (χ2n) is 9.86. The number of carbonyl (C=O) groups is 1. The van der Waals surface area contributed by atoms with Gasteiger partial charge in [0.2, 0.25) is 5.91 Å². The second kappa shape index (κ2) is 10.9. The van der Waals surface area contributed by atoms with E-state index in [1.165, 1.54) is 0 Å². The Bertz CT molecular complexity index is 1170. The molecule has 0 aliphatic carbocycles. The third kappa shape index (κ3) is 5.91. The van der Waals surface area contributed by atoms with E-state index in [2.05, 4.69) is 35.3 Å². The lowest BCUT2D eigenvalue weighted by Crippen LogP contribution is -2.47. The highest BCUT2D eigenvalue weighted by Gasteiger charge is 2.25. The van der Waals surface area contributed by atoms with E-state index in [-0.39, 0.29) is 5.91 Å². The van der Waals surface area contributed by atoms with Gasteiger partial charge >= 0.3 is 0 Å². The Morgan fingerprint density at radius 2 is 1.89 bits per heavy atom. The van der Waals surface area contributed by atoms with Crippen molar-refractivity contribution in [2.24, 2.45) is 0 Å². The summed E-state index contributed by atoms with van der Waals surface area (Å²) in [5, 5.41) is 1.00. The van der Waals surface area contributed by atoms with Crippen LogP contribution < -0.4 is 5.73 Å². The van der Waals surface area contributed by atoms with E-state index >= 15 is 0 Å². The molecule has 2 aromatic heterocycles. The fourth-order valence-corrected chi connectivity index (χ4v) is 4.59. The molecule has 190 valence electrons. The summed E-state index contributed by atoms with van der Waals surface area (Å²) in [6.07, 6.45) is 1.21. The van der Waals surface area contributed by atoms with Gasteiger partial charge in [-0.05, 0) is 40.3 Å². The Morgan fingerprint density at radius 3 is 2.63 bits per heavy atom. The summed E-state index contributed by atoms with van der Waals surface area (Å²) in [5.41, 5.74) is 8.29. The third-order valence-electron chi connectivity index (χ3n) is 6.55. The summed E-state index contributed by atoms with van der Waals surface area (Å²) >= 11 is 0. The lowest BCUT2D eigenvalue weighted by molar-refractivity contribution is -0.133. The van der Waals surface area contributed by atoms with E-state index in [0.717, 1.165) is 48.4 Å². The van der Waals surface area contributed by atoms with Crippen LogP contribution in [0, 0.1) is 0 Å². The van der Waals surface area contributed by atoms with Crippen molar-refractivity contribution in [3.05, 3.63) is 30.1 Å². The molecular weight excluding hydrogens is 444 g/mol. The Hall–Kier alpha value is -2.75. The monoisotopic (exact) mass is 482 g/mol. The summed E-state index contributed by atoms with van der Waals surface area (Å²) < 4.78 is 14.2. The number of ether oxygens (including phenoxy) is 2. The van der Waals surface area contributed by atoms with Gasteiger partial charge in [-0.3, -0.25) is 4.79 Å². The molecule has 0 unspecified atom stereocenters. The molecule has 1 amide bonds. The molecule has 1 aromatic carbocycles. The molecule has 1 aliphatic heterocycles. The summed E-state index contributed by atoms with van der Waals surface area (Å²) in [7, 11) is 2.09. The first kappa shape index (κ1) is 25.3. The minimum atomic E-state index is -0.482. The van der Waals surface area contributed by atoms with Crippen LogP contribution in [-0.2, 0) is 27.4 Å². The molecule has 1 saturated heterocycles. The maximum absolute atomic E-state index is 12.5. The maximum Gasteiger partial charge on any atom is 0.222 e. The number of rotatable bonds is 10. The molecule has 1 fully saturated rings. The zero-order valence-electron chi connectivity index (χ0n) is 21.4. The zero-order chi connectivity index (χ0) is 25.0. The molecule has 0 saturated carbocycles. The highest BCUT2D eigenvalue weighted by Crippen LogP contribution is 2.30. The van der Waals surface area contributed by atoms with Crippen molar-refractivity contribution in [1.29, 1.82) is 0 Å². The van der Waals surface area contributed by atoms with Crippen molar-refractivity contribution < 1.29 is 14.3 Å². The van der Waals surface area contributed by atoms with Gasteiger partial charge in [0.05, 0.1) is 23.2 Å². The Balaban J connectivity index is 1.47. The number of carbonyl (C=O) groups excluding carboxylic acids is 1. The fourth-order valence-electron chi connectivity index (χ4n) is 4.59. The van der Waals surface area contributed by atoms with Crippen LogP contribution in [0.15, 0.2) is 24.3 Å². The first-order chi connectivity index (χ1) is 16.8. The van der Waals surface area contributed by atoms with E-state index in [4.69, 9.17) is 20.2 Å². The largest absolute Gasteiger partial charge is 0.382 e. The number of nitrogens with zero attached hydrogens (tertiary/aromatic N) is 5. The van der Waals surface area contributed by atoms with E-state index in [0.29, 0.717) is 50.5 Å². The third-order valence-corrected chi connectivity index (χ3v) is 6.55. The lowest BCUT2D eigenvalue weighted by atomic mass is 10.1. The molecule has 3 heterocycles. The minimum Gasteiger partial charge on any atom is -0.382 e. The van der Waals surface area contributed by atoms with Crippen molar-refractivity contribution in [1.82, 2.24) is 24.3 Å². The topological polar surface area (TPSA) is 98.7 Å². The molecule has 3 aromatic rings. The zero-order valence-corrected chi connectivity index (χ0v) is 21.4. The molecule has 0 spiro atoms. The highest BCUT2D eigenvalue weighted by molar-refractivity contribution is 6.06. The minimum absolute atomic E-state index is 0.216. The van der Waals surface area contributed by atoms with Crippen molar-refractivity contribution in [3.8, 4) is 0 Å². The SMILES string of the molecule is CCOCc1nc2c(N)nc3ccccc3c2n1CC(C)(C)OCCCC(=O)N1CCN(C)CC1. The van der Waals surface area contributed by atoms with Crippen molar-refractivity contribution in [2.45, 2.75) is 52.4 Å². The van der Waals surface area contributed by atoms with Gasteiger partial charge in [0.15, 0.2) is 5.82 Å². The lowest BCUT2D eigenvalue weighted by Gasteiger charge is -2.32. The predicted octanol–water partition coefficient (Wildman–Crippen LogP) is 3.05. The number of hydrogen-bond donors (Lipinski definition) is 1. The molecule has 0 bridgehead atoms. The van der Waals surface area contributed by atoms with Gasteiger partial charge < -0.3 is 29.6 Å². The smallest absolute Gasteiger partial charge is 0.222 e. The van der Waals surface area contributed by atoms with Gasteiger partial charge in [-0.2, -0.15) is 0 Å². The van der Waals surface area contributed by atoms with Gasteiger partial charge in [-0.25, -0.2) is 9.97 Å². The van der Waals surface area contributed by atoms with Crippen LogP contribution in [0.4, 0.5) is 5.82 Å². The molecule has 35 heavy (non-hydrogen) atoms. The van der Waals surface area contributed by atoms with Crippen LogP contribution in [0.5, 0.6) is 0 Å². The number of nitrogen functional groups attached to an aromatic ring is 1. The van der Waals surface area contributed by atoms with Gasteiger partial charge in [0.1, 0.15) is 17.9 Å². The number of amides is 1. The average molecular weight is 483 g/mol. The van der Waals surface area contributed by atoms with Crippen LogP contribution >= 0.6 is 0 Å². The average Bonchev–Trinajstić information content (AvgIpc) is 3.19.